The average Bonchev–Trinajstić information content (AvgIpc) is 2.34. The minimum atomic E-state index is -1.06. The van der Waals surface area contributed by atoms with Gasteiger partial charge in [-0.1, -0.05) is 32.1 Å². The molecule has 1 unspecified atom stereocenters. The van der Waals surface area contributed by atoms with Crippen molar-refractivity contribution >= 4 is 11.8 Å². The van der Waals surface area contributed by atoms with E-state index in [2.05, 4.69) is 5.32 Å². The van der Waals surface area contributed by atoms with E-state index < -0.39 is 11.4 Å². The summed E-state index contributed by atoms with van der Waals surface area (Å²) in [4.78, 5) is 22.7. The van der Waals surface area contributed by atoms with Crippen molar-refractivity contribution in [3.05, 3.63) is 23.8 Å². The molecule has 0 aromatic carbocycles. The van der Waals surface area contributed by atoms with Crippen LogP contribution in [0.5, 0.6) is 0 Å². The Bertz CT molecular complexity index is 345. The van der Waals surface area contributed by atoms with E-state index in [1.807, 2.05) is 33.8 Å². The number of allylic oxidation sites excluding steroid dienone is 2. The van der Waals surface area contributed by atoms with E-state index in [9.17, 15) is 9.59 Å². The second-order valence-corrected chi connectivity index (χ2v) is 3.59. The quantitative estimate of drug-likeness (QED) is 0.568. The number of amides is 2. The lowest BCUT2D eigenvalue weighted by molar-refractivity contribution is -0.136. The van der Waals surface area contributed by atoms with Gasteiger partial charge >= 0.3 is 0 Å². The summed E-state index contributed by atoms with van der Waals surface area (Å²) in [5.41, 5.74) is 5.71. The number of nitrogens with one attached hydrogen (secondary N) is 1. The van der Waals surface area contributed by atoms with Gasteiger partial charge in [0.2, 0.25) is 5.91 Å². The van der Waals surface area contributed by atoms with Crippen molar-refractivity contribution in [1.29, 1.82) is 0 Å². The molecule has 1 heterocycles. The summed E-state index contributed by atoms with van der Waals surface area (Å²) in [6, 6.07) is 0. The topological polar surface area (TPSA) is 72.2 Å². The zero-order valence-electron chi connectivity index (χ0n) is 11.0. The van der Waals surface area contributed by atoms with Crippen molar-refractivity contribution in [2.75, 3.05) is 0 Å². The minimum absolute atomic E-state index is 0.253. The van der Waals surface area contributed by atoms with Crippen molar-refractivity contribution in [3.63, 3.8) is 0 Å². The third kappa shape index (κ3) is 3.53. The van der Waals surface area contributed by atoms with Gasteiger partial charge in [-0.25, -0.2) is 0 Å². The number of imide groups is 1. The van der Waals surface area contributed by atoms with Crippen LogP contribution >= 0.6 is 0 Å². The SMILES string of the molecule is C/C=C\C(=C/C)C1(N)CCC(=O)NC1=O.CC. The molecule has 0 spiro atoms. The highest BCUT2D eigenvalue weighted by molar-refractivity contribution is 6.04. The van der Waals surface area contributed by atoms with Crippen LogP contribution in [0.4, 0.5) is 0 Å². The second-order valence-electron chi connectivity index (χ2n) is 3.59. The number of carbonyl (C=O) groups excluding carboxylic acids is 2. The maximum atomic E-state index is 11.7. The minimum Gasteiger partial charge on any atom is -0.314 e. The van der Waals surface area contributed by atoms with Gasteiger partial charge in [-0.2, -0.15) is 0 Å². The van der Waals surface area contributed by atoms with E-state index in [4.69, 9.17) is 5.73 Å². The molecular weight excluding hydrogens is 216 g/mol. The maximum absolute atomic E-state index is 11.7. The summed E-state index contributed by atoms with van der Waals surface area (Å²) >= 11 is 0. The normalized spacial score (nSPS) is 25.4. The summed E-state index contributed by atoms with van der Waals surface area (Å²) in [7, 11) is 0. The van der Waals surface area contributed by atoms with Crippen LogP contribution in [-0.4, -0.2) is 17.4 Å². The molecule has 4 nitrogen and oxygen atoms in total. The third-order valence-corrected chi connectivity index (χ3v) is 2.58. The van der Waals surface area contributed by atoms with Crippen LogP contribution in [0.1, 0.15) is 40.5 Å². The van der Waals surface area contributed by atoms with E-state index in [1.165, 1.54) is 0 Å². The highest BCUT2D eigenvalue weighted by Gasteiger charge is 2.40. The molecule has 3 N–H and O–H groups in total. The molecule has 1 aliphatic rings. The molecule has 1 fully saturated rings. The Morgan fingerprint density at radius 3 is 2.35 bits per heavy atom. The molecule has 0 radical (unpaired) electrons. The third-order valence-electron chi connectivity index (χ3n) is 2.58. The van der Waals surface area contributed by atoms with Crippen LogP contribution < -0.4 is 11.1 Å². The summed E-state index contributed by atoms with van der Waals surface area (Å²) in [5, 5.41) is 2.27. The number of carbonyl (C=O) groups is 2. The number of rotatable bonds is 2. The predicted molar refractivity (Wildman–Crippen MR) is 69.2 cm³/mol. The van der Waals surface area contributed by atoms with Gasteiger partial charge in [0.25, 0.3) is 5.91 Å². The van der Waals surface area contributed by atoms with E-state index in [0.717, 1.165) is 5.57 Å². The van der Waals surface area contributed by atoms with Crippen LogP contribution in [0.15, 0.2) is 23.8 Å². The fourth-order valence-corrected chi connectivity index (χ4v) is 1.68. The molecule has 1 atom stereocenters. The van der Waals surface area contributed by atoms with Gasteiger partial charge in [-0.05, 0) is 25.8 Å². The Kier molecular flexibility index (Phi) is 6.43. The molecule has 0 aromatic heterocycles. The molecule has 96 valence electrons. The first-order chi connectivity index (χ1) is 8.04. The van der Waals surface area contributed by atoms with Crippen LogP contribution in [0.3, 0.4) is 0 Å². The lowest BCUT2D eigenvalue weighted by Crippen LogP contribution is -2.60. The van der Waals surface area contributed by atoms with Crippen LogP contribution in [0, 0.1) is 0 Å². The van der Waals surface area contributed by atoms with E-state index in [0.29, 0.717) is 6.42 Å². The van der Waals surface area contributed by atoms with Crippen molar-refractivity contribution in [2.24, 2.45) is 5.73 Å². The Morgan fingerprint density at radius 1 is 1.35 bits per heavy atom. The van der Waals surface area contributed by atoms with Crippen molar-refractivity contribution in [3.8, 4) is 0 Å². The first-order valence-corrected chi connectivity index (χ1v) is 5.97. The van der Waals surface area contributed by atoms with Gasteiger partial charge < -0.3 is 5.73 Å². The monoisotopic (exact) mass is 238 g/mol. The standard InChI is InChI=1S/C11H16N2O2.C2H6/c1-3-5-8(4-2)11(12)7-6-9(14)13-10(11)15;1-2/h3-5H,6-7,12H2,1-2H3,(H,13,14,15);1-2H3/b5-3-,8-4+;. The van der Waals surface area contributed by atoms with E-state index >= 15 is 0 Å². The molecule has 0 aliphatic carbocycles. The number of piperidine rings is 1. The second kappa shape index (κ2) is 7.01. The average molecular weight is 238 g/mol. The van der Waals surface area contributed by atoms with Crippen molar-refractivity contribution in [1.82, 2.24) is 5.32 Å². The smallest absolute Gasteiger partial charge is 0.251 e. The van der Waals surface area contributed by atoms with E-state index in [1.54, 1.807) is 12.2 Å². The van der Waals surface area contributed by atoms with Gasteiger partial charge in [-0.3, -0.25) is 14.9 Å². The number of hydrogen-bond acceptors (Lipinski definition) is 3. The fraction of sp³-hybridized carbons (Fsp3) is 0.538. The zero-order chi connectivity index (χ0) is 13.5. The molecule has 2 amide bonds. The Morgan fingerprint density at radius 2 is 1.94 bits per heavy atom. The molecule has 4 heteroatoms. The maximum Gasteiger partial charge on any atom is 0.251 e. The molecule has 1 aliphatic heterocycles. The first kappa shape index (κ1) is 15.6. The molecule has 17 heavy (non-hydrogen) atoms. The predicted octanol–water partition coefficient (Wildman–Crippen LogP) is 1.67. The van der Waals surface area contributed by atoms with Gasteiger partial charge in [0, 0.05) is 6.42 Å². The molecule has 0 saturated carbocycles. The van der Waals surface area contributed by atoms with Gasteiger partial charge in [0.05, 0.1) is 0 Å². The molecule has 0 bridgehead atoms. The Hall–Kier alpha value is -1.42. The lowest BCUT2D eigenvalue weighted by atomic mass is 9.82. The van der Waals surface area contributed by atoms with Gasteiger partial charge in [0.1, 0.15) is 5.54 Å². The lowest BCUT2D eigenvalue weighted by Gasteiger charge is -2.32. The zero-order valence-corrected chi connectivity index (χ0v) is 11.0. The first-order valence-electron chi connectivity index (χ1n) is 5.97. The van der Waals surface area contributed by atoms with Crippen molar-refractivity contribution in [2.45, 2.75) is 46.1 Å². The van der Waals surface area contributed by atoms with Crippen LogP contribution in [-0.2, 0) is 9.59 Å². The highest BCUT2D eigenvalue weighted by Crippen LogP contribution is 2.24. The summed E-state index contributed by atoms with van der Waals surface area (Å²) in [6.07, 6.45) is 6.08. The highest BCUT2D eigenvalue weighted by atomic mass is 16.2. The fourth-order valence-electron chi connectivity index (χ4n) is 1.68. The van der Waals surface area contributed by atoms with Gasteiger partial charge in [-0.15, -0.1) is 0 Å². The number of nitrogens with two attached hydrogens (primary N) is 1. The summed E-state index contributed by atoms with van der Waals surface area (Å²) < 4.78 is 0. The largest absolute Gasteiger partial charge is 0.314 e. The molecule has 1 saturated heterocycles. The molecule has 0 aromatic rings. The van der Waals surface area contributed by atoms with Crippen LogP contribution in [0.2, 0.25) is 0 Å². The Labute approximate surface area is 103 Å². The summed E-state index contributed by atoms with van der Waals surface area (Å²) in [5.74, 6) is -0.665. The summed E-state index contributed by atoms with van der Waals surface area (Å²) in [6.45, 7) is 7.69. The van der Waals surface area contributed by atoms with Gasteiger partial charge in [0.15, 0.2) is 0 Å². The molecular formula is C13H22N2O2. The van der Waals surface area contributed by atoms with Crippen LogP contribution in [0.25, 0.3) is 0 Å². The Balaban J connectivity index is 0.00000121. The number of hydrogen-bond donors (Lipinski definition) is 2. The van der Waals surface area contributed by atoms with E-state index in [-0.39, 0.29) is 12.3 Å². The van der Waals surface area contributed by atoms with Crippen molar-refractivity contribution < 1.29 is 9.59 Å². The molecule has 1 rings (SSSR count).